The van der Waals surface area contributed by atoms with E-state index in [0.717, 1.165) is 10.8 Å². The van der Waals surface area contributed by atoms with Gasteiger partial charge in [-0.15, -0.1) is 0 Å². The maximum Gasteiger partial charge on any atom is 0.210 e. The van der Waals surface area contributed by atoms with Crippen LogP contribution in [0.2, 0.25) is 0 Å². The van der Waals surface area contributed by atoms with Crippen LogP contribution in [0.15, 0.2) is 60.3 Å². The Bertz CT molecular complexity index is 1180. The van der Waals surface area contributed by atoms with Crippen LogP contribution in [0.5, 0.6) is 17.2 Å². The van der Waals surface area contributed by atoms with Crippen molar-refractivity contribution in [3.8, 4) is 17.2 Å². The van der Waals surface area contributed by atoms with Crippen LogP contribution in [0.25, 0.3) is 10.8 Å². The van der Waals surface area contributed by atoms with Gasteiger partial charge in [-0.3, -0.25) is 9.59 Å². The SMILES string of the molecule is COc1ccc2c(c1)C(=O)C=C(Nc1ccc(OC)c3cc(OC)ccc13)C2=O. The number of benzene rings is 3. The largest absolute Gasteiger partial charge is 0.497 e. The van der Waals surface area contributed by atoms with Crippen LogP contribution < -0.4 is 19.5 Å². The van der Waals surface area contributed by atoms with Gasteiger partial charge in [0.05, 0.1) is 27.0 Å². The molecule has 0 radical (unpaired) electrons. The molecule has 0 spiro atoms. The first-order chi connectivity index (χ1) is 14.0. The molecular weight excluding hydrogens is 370 g/mol. The third-order valence-corrected chi connectivity index (χ3v) is 4.93. The molecule has 0 bridgehead atoms. The van der Waals surface area contributed by atoms with Gasteiger partial charge < -0.3 is 19.5 Å². The molecule has 1 aliphatic rings. The lowest BCUT2D eigenvalue weighted by molar-refractivity contribution is 0.0985. The summed E-state index contributed by atoms with van der Waals surface area (Å²) in [6.45, 7) is 0. The van der Waals surface area contributed by atoms with Crippen molar-refractivity contribution in [3.05, 3.63) is 71.4 Å². The second-order valence-corrected chi connectivity index (χ2v) is 6.51. The van der Waals surface area contributed by atoms with E-state index in [-0.39, 0.29) is 17.3 Å². The van der Waals surface area contributed by atoms with Gasteiger partial charge in [0.2, 0.25) is 5.78 Å². The van der Waals surface area contributed by atoms with Crippen LogP contribution in [0.1, 0.15) is 20.7 Å². The van der Waals surface area contributed by atoms with Gasteiger partial charge in [-0.2, -0.15) is 0 Å². The third-order valence-electron chi connectivity index (χ3n) is 4.93. The maximum atomic E-state index is 13.0. The van der Waals surface area contributed by atoms with Crippen LogP contribution in [-0.2, 0) is 0 Å². The van der Waals surface area contributed by atoms with Gasteiger partial charge in [-0.05, 0) is 48.5 Å². The molecule has 0 saturated carbocycles. The molecule has 1 N–H and O–H groups in total. The fourth-order valence-electron chi connectivity index (χ4n) is 3.42. The third kappa shape index (κ3) is 3.18. The molecule has 0 unspecified atom stereocenters. The number of allylic oxidation sites excluding steroid dienone is 2. The lowest BCUT2D eigenvalue weighted by atomic mass is 9.92. The number of carbonyl (C=O) groups is 2. The van der Waals surface area contributed by atoms with Crippen molar-refractivity contribution < 1.29 is 23.8 Å². The second kappa shape index (κ2) is 7.31. The molecule has 0 aromatic heterocycles. The minimum Gasteiger partial charge on any atom is -0.497 e. The molecule has 29 heavy (non-hydrogen) atoms. The summed E-state index contributed by atoms with van der Waals surface area (Å²) in [5, 5.41) is 4.80. The van der Waals surface area contributed by atoms with Crippen molar-refractivity contribution in [1.82, 2.24) is 0 Å². The Morgan fingerprint density at radius 1 is 0.724 bits per heavy atom. The van der Waals surface area contributed by atoms with E-state index >= 15 is 0 Å². The van der Waals surface area contributed by atoms with E-state index in [2.05, 4.69) is 5.32 Å². The molecule has 6 nitrogen and oxygen atoms in total. The summed E-state index contributed by atoms with van der Waals surface area (Å²) < 4.78 is 15.9. The molecular formula is C23H19NO5. The average Bonchev–Trinajstić information content (AvgIpc) is 2.76. The number of Topliss-reactive ketones (excluding diaryl/α,β-unsaturated/α-hetero) is 1. The van der Waals surface area contributed by atoms with E-state index < -0.39 is 0 Å². The summed E-state index contributed by atoms with van der Waals surface area (Å²) in [5.41, 5.74) is 1.59. The number of anilines is 1. The van der Waals surface area contributed by atoms with Crippen molar-refractivity contribution in [3.63, 3.8) is 0 Å². The number of hydrogen-bond acceptors (Lipinski definition) is 6. The predicted molar refractivity (Wildman–Crippen MR) is 110 cm³/mol. The van der Waals surface area contributed by atoms with Crippen LogP contribution in [0.4, 0.5) is 5.69 Å². The number of nitrogens with one attached hydrogen (secondary N) is 1. The average molecular weight is 389 g/mol. The van der Waals surface area contributed by atoms with Gasteiger partial charge in [0, 0.05) is 33.7 Å². The molecule has 3 aromatic carbocycles. The summed E-state index contributed by atoms with van der Waals surface area (Å²) in [7, 11) is 4.71. The Morgan fingerprint density at radius 3 is 2.17 bits per heavy atom. The van der Waals surface area contributed by atoms with Crippen molar-refractivity contribution in [2.75, 3.05) is 26.6 Å². The Balaban J connectivity index is 1.76. The number of methoxy groups -OCH3 is 3. The lowest BCUT2D eigenvalue weighted by Gasteiger charge is -2.19. The Kier molecular flexibility index (Phi) is 4.68. The van der Waals surface area contributed by atoms with Crippen molar-refractivity contribution in [2.24, 2.45) is 0 Å². The van der Waals surface area contributed by atoms with Crippen molar-refractivity contribution in [1.29, 1.82) is 0 Å². The topological polar surface area (TPSA) is 73.9 Å². The van der Waals surface area contributed by atoms with Crippen molar-refractivity contribution >= 4 is 28.0 Å². The maximum absolute atomic E-state index is 13.0. The summed E-state index contributed by atoms with van der Waals surface area (Å²) in [5.74, 6) is 1.41. The van der Waals surface area contributed by atoms with Gasteiger partial charge in [0.25, 0.3) is 0 Å². The number of fused-ring (bicyclic) bond motifs is 2. The minimum atomic E-state index is -0.250. The van der Waals surface area contributed by atoms with Gasteiger partial charge >= 0.3 is 0 Å². The number of ether oxygens (including phenoxy) is 3. The predicted octanol–water partition coefficient (Wildman–Crippen LogP) is 4.24. The summed E-state index contributed by atoms with van der Waals surface area (Å²) in [6.07, 6.45) is 1.32. The van der Waals surface area contributed by atoms with Crippen molar-refractivity contribution in [2.45, 2.75) is 0 Å². The van der Waals surface area contributed by atoms with Gasteiger partial charge in [-0.1, -0.05) is 0 Å². The van der Waals surface area contributed by atoms with Gasteiger partial charge in [0.1, 0.15) is 17.2 Å². The Morgan fingerprint density at radius 2 is 1.45 bits per heavy atom. The number of hydrogen-bond donors (Lipinski definition) is 1. The van der Waals surface area contributed by atoms with Gasteiger partial charge in [0.15, 0.2) is 5.78 Å². The first kappa shape index (κ1) is 18.6. The molecule has 4 rings (SSSR count). The molecule has 0 saturated heterocycles. The van der Waals surface area contributed by atoms with E-state index in [9.17, 15) is 9.59 Å². The highest BCUT2D eigenvalue weighted by Crippen LogP contribution is 2.35. The molecule has 1 aliphatic carbocycles. The van der Waals surface area contributed by atoms with E-state index in [0.29, 0.717) is 34.1 Å². The van der Waals surface area contributed by atoms with Crippen LogP contribution >= 0.6 is 0 Å². The lowest BCUT2D eigenvalue weighted by Crippen LogP contribution is -2.21. The Labute approximate surface area is 167 Å². The number of rotatable bonds is 5. The standard InChI is InChI=1S/C23H19NO5/c1-27-13-5-7-16-17(10-13)21(25)12-20(23(16)26)24-19-8-9-22(29-3)18-11-14(28-2)4-6-15(18)19/h4-12,24H,1-3H3. The molecule has 0 amide bonds. The molecule has 0 heterocycles. The minimum absolute atomic E-state index is 0.218. The van der Waals surface area contributed by atoms with Crippen LogP contribution in [0.3, 0.4) is 0 Å². The fourth-order valence-corrected chi connectivity index (χ4v) is 3.42. The normalized spacial score (nSPS) is 13.0. The van der Waals surface area contributed by atoms with Crippen LogP contribution in [-0.4, -0.2) is 32.9 Å². The highest BCUT2D eigenvalue weighted by Gasteiger charge is 2.26. The van der Waals surface area contributed by atoms with Crippen LogP contribution in [0, 0.1) is 0 Å². The summed E-state index contributed by atoms with van der Waals surface area (Å²) in [6, 6.07) is 14.1. The van der Waals surface area contributed by atoms with E-state index in [1.165, 1.54) is 13.2 Å². The van der Waals surface area contributed by atoms with E-state index in [4.69, 9.17) is 14.2 Å². The second-order valence-electron chi connectivity index (χ2n) is 6.51. The molecule has 6 heteroatoms. The first-order valence-corrected chi connectivity index (χ1v) is 8.96. The fraction of sp³-hybridized carbons (Fsp3) is 0.130. The monoisotopic (exact) mass is 389 g/mol. The smallest absolute Gasteiger partial charge is 0.210 e. The molecule has 0 aliphatic heterocycles. The molecule has 3 aromatic rings. The first-order valence-electron chi connectivity index (χ1n) is 8.96. The van der Waals surface area contributed by atoms with E-state index in [1.54, 1.807) is 38.5 Å². The summed E-state index contributed by atoms with van der Waals surface area (Å²) in [4.78, 5) is 25.5. The summed E-state index contributed by atoms with van der Waals surface area (Å²) >= 11 is 0. The molecule has 0 fully saturated rings. The number of carbonyl (C=O) groups excluding carboxylic acids is 2. The highest BCUT2D eigenvalue weighted by molar-refractivity contribution is 6.26. The zero-order valence-electron chi connectivity index (χ0n) is 16.2. The molecule has 0 atom stereocenters. The van der Waals surface area contributed by atoms with E-state index in [1.807, 2.05) is 24.3 Å². The zero-order valence-corrected chi connectivity index (χ0v) is 16.2. The highest BCUT2D eigenvalue weighted by atomic mass is 16.5. The molecule has 146 valence electrons. The quantitative estimate of drug-likeness (QED) is 0.704. The van der Waals surface area contributed by atoms with Gasteiger partial charge in [-0.25, -0.2) is 0 Å². The Hall–Kier alpha value is -3.80. The zero-order chi connectivity index (χ0) is 20.5. The number of ketones is 2.